The predicted octanol–water partition coefficient (Wildman–Crippen LogP) is 1.75. The lowest BCUT2D eigenvalue weighted by Crippen LogP contribution is -2.47. The topological polar surface area (TPSA) is 90.9 Å². The SMILES string of the molecule is CC(C)C[C@H](NC(=O)/C=C/C(C)(C)C)C(=O)C(=O)NN=C1SCCN1C. The number of thioether (sulfide) groups is 1. The van der Waals surface area contributed by atoms with Gasteiger partial charge < -0.3 is 10.2 Å². The molecular formula is C18H30N4O3S. The van der Waals surface area contributed by atoms with Gasteiger partial charge in [0.25, 0.3) is 0 Å². The number of hydrazone groups is 1. The molecule has 26 heavy (non-hydrogen) atoms. The molecule has 0 aromatic heterocycles. The predicted molar refractivity (Wildman–Crippen MR) is 106 cm³/mol. The lowest BCUT2D eigenvalue weighted by atomic mass is 9.96. The summed E-state index contributed by atoms with van der Waals surface area (Å²) in [5, 5.41) is 7.30. The zero-order chi connectivity index (χ0) is 19.9. The largest absolute Gasteiger partial charge is 0.352 e. The van der Waals surface area contributed by atoms with Crippen molar-refractivity contribution >= 4 is 34.5 Å². The van der Waals surface area contributed by atoms with E-state index in [1.54, 1.807) is 6.08 Å². The number of amidine groups is 1. The summed E-state index contributed by atoms with van der Waals surface area (Å²) in [6, 6.07) is -0.874. The van der Waals surface area contributed by atoms with Gasteiger partial charge in [-0.3, -0.25) is 14.4 Å². The summed E-state index contributed by atoms with van der Waals surface area (Å²) in [6.07, 6.45) is 3.55. The number of carbonyl (C=O) groups excluding carboxylic acids is 3. The van der Waals surface area contributed by atoms with Crippen LogP contribution in [0.1, 0.15) is 41.0 Å². The Kier molecular flexibility index (Phi) is 8.33. The fourth-order valence-corrected chi connectivity index (χ4v) is 3.13. The molecule has 1 fully saturated rings. The molecule has 1 saturated heterocycles. The van der Waals surface area contributed by atoms with E-state index in [0.717, 1.165) is 12.3 Å². The minimum atomic E-state index is -0.874. The fraction of sp³-hybridized carbons (Fsp3) is 0.667. The Bertz CT molecular complexity index is 594. The summed E-state index contributed by atoms with van der Waals surface area (Å²) < 4.78 is 0. The van der Waals surface area contributed by atoms with Crippen LogP contribution in [0.5, 0.6) is 0 Å². The highest BCUT2D eigenvalue weighted by molar-refractivity contribution is 8.14. The van der Waals surface area contributed by atoms with Crippen LogP contribution < -0.4 is 10.7 Å². The van der Waals surface area contributed by atoms with Gasteiger partial charge in [0, 0.05) is 19.3 Å². The summed E-state index contributed by atoms with van der Waals surface area (Å²) in [4.78, 5) is 38.6. The van der Waals surface area contributed by atoms with Crippen LogP contribution in [0.25, 0.3) is 0 Å². The van der Waals surface area contributed by atoms with Crippen molar-refractivity contribution in [3.05, 3.63) is 12.2 Å². The number of rotatable bonds is 7. The van der Waals surface area contributed by atoms with Crippen molar-refractivity contribution in [1.82, 2.24) is 15.6 Å². The molecule has 0 aromatic carbocycles. The molecule has 0 spiro atoms. The molecule has 0 saturated carbocycles. The Morgan fingerprint density at radius 1 is 1.31 bits per heavy atom. The van der Waals surface area contributed by atoms with Crippen LogP contribution >= 0.6 is 11.8 Å². The Balaban J connectivity index is 2.74. The Morgan fingerprint density at radius 2 is 1.96 bits per heavy atom. The lowest BCUT2D eigenvalue weighted by molar-refractivity contribution is -0.140. The van der Waals surface area contributed by atoms with Crippen LogP contribution in [0.3, 0.4) is 0 Å². The molecule has 0 aliphatic carbocycles. The highest BCUT2D eigenvalue weighted by Gasteiger charge is 2.27. The van der Waals surface area contributed by atoms with Crippen LogP contribution in [0.4, 0.5) is 0 Å². The van der Waals surface area contributed by atoms with E-state index < -0.39 is 17.7 Å². The molecule has 0 aromatic rings. The first-order chi connectivity index (χ1) is 12.0. The second-order valence-electron chi connectivity index (χ2n) is 7.86. The van der Waals surface area contributed by atoms with Crippen LogP contribution in [0.2, 0.25) is 0 Å². The summed E-state index contributed by atoms with van der Waals surface area (Å²) in [5.74, 6) is -0.850. The smallest absolute Gasteiger partial charge is 0.309 e. The second-order valence-corrected chi connectivity index (χ2v) is 8.92. The third kappa shape index (κ3) is 8.03. The molecular weight excluding hydrogens is 352 g/mol. The van der Waals surface area contributed by atoms with Gasteiger partial charge in [0.1, 0.15) is 0 Å². The monoisotopic (exact) mass is 382 g/mol. The first-order valence-electron chi connectivity index (χ1n) is 8.75. The third-order valence-electron chi connectivity index (χ3n) is 3.54. The number of ketones is 1. The van der Waals surface area contributed by atoms with E-state index in [1.807, 2.05) is 46.6 Å². The molecule has 146 valence electrons. The van der Waals surface area contributed by atoms with E-state index in [2.05, 4.69) is 15.8 Å². The van der Waals surface area contributed by atoms with E-state index in [1.165, 1.54) is 17.8 Å². The van der Waals surface area contributed by atoms with Crippen molar-refractivity contribution in [3.63, 3.8) is 0 Å². The molecule has 1 atom stereocenters. The number of amides is 2. The van der Waals surface area contributed by atoms with E-state index >= 15 is 0 Å². The molecule has 0 unspecified atom stereocenters. The first-order valence-corrected chi connectivity index (χ1v) is 9.73. The zero-order valence-corrected chi connectivity index (χ0v) is 17.3. The molecule has 1 aliphatic heterocycles. The van der Waals surface area contributed by atoms with Crippen molar-refractivity contribution < 1.29 is 14.4 Å². The number of hydrogen-bond donors (Lipinski definition) is 2. The van der Waals surface area contributed by atoms with Gasteiger partial charge >= 0.3 is 5.91 Å². The van der Waals surface area contributed by atoms with Crippen molar-refractivity contribution in [3.8, 4) is 0 Å². The van der Waals surface area contributed by atoms with Crippen molar-refractivity contribution in [1.29, 1.82) is 0 Å². The number of carbonyl (C=O) groups is 3. The van der Waals surface area contributed by atoms with Gasteiger partial charge in [-0.1, -0.05) is 52.5 Å². The normalized spacial score (nSPS) is 17.8. The van der Waals surface area contributed by atoms with E-state index in [-0.39, 0.29) is 17.2 Å². The molecule has 8 heteroatoms. The second kappa shape index (κ2) is 9.75. The Morgan fingerprint density at radius 3 is 2.46 bits per heavy atom. The first kappa shape index (κ1) is 22.2. The summed E-state index contributed by atoms with van der Waals surface area (Å²) in [6.45, 7) is 10.6. The van der Waals surface area contributed by atoms with E-state index in [9.17, 15) is 14.4 Å². The van der Waals surface area contributed by atoms with Gasteiger partial charge in [-0.15, -0.1) is 5.10 Å². The minimum absolute atomic E-state index is 0.145. The average molecular weight is 383 g/mol. The maximum atomic E-state index is 12.5. The van der Waals surface area contributed by atoms with Crippen molar-refractivity contribution in [2.24, 2.45) is 16.4 Å². The van der Waals surface area contributed by atoms with Crippen LogP contribution in [0.15, 0.2) is 17.3 Å². The van der Waals surface area contributed by atoms with Gasteiger partial charge in [-0.2, -0.15) is 0 Å². The van der Waals surface area contributed by atoms with E-state index in [4.69, 9.17) is 0 Å². The molecule has 1 heterocycles. The molecule has 1 aliphatic rings. The fourth-order valence-electron chi connectivity index (χ4n) is 2.16. The quantitative estimate of drug-likeness (QED) is 0.398. The number of nitrogens with one attached hydrogen (secondary N) is 2. The number of allylic oxidation sites excluding steroid dienone is 1. The highest BCUT2D eigenvalue weighted by Crippen LogP contribution is 2.15. The summed E-state index contributed by atoms with van der Waals surface area (Å²) >= 11 is 1.51. The average Bonchev–Trinajstić information content (AvgIpc) is 2.93. The van der Waals surface area contributed by atoms with Gasteiger partial charge in [-0.05, 0) is 23.8 Å². The molecule has 7 nitrogen and oxygen atoms in total. The molecule has 2 N–H and O–H groups in total. The summed E-state index contributed by atoms with van der Waals surface area (Å²) in [5.41, 5.74) is 2.16. The van der Waals surface area contributed by atoms with Crippen molar-refractivity contribution in [2.75, 3.05) is 19.3 Å². The number of Topliss-reactive ketones (excluding diaryl/α,β-unsaturated/α-hetero) is 1. The lowest BCUT2D eigenvalue weighted by Gasteiger charge is -2.18. The van der Waals surface area contributed by atoms with Crippen LogP contribution in [-0.4, -0.2) is 53.1 Å². The van der Waals surface area contributed by atoms with Gasteiger partial charge in [0.05, 0.1) is 6.04 Å². The Hall–Kier alpha value is -1.83. The third-order valence-corrected chi connectivity index (χ3v) is 4.58. The maximum Gasteiger partial charge on any atom is 0.309 e. The zero-order valence-electron chi connectivity index (χ0n) is 16.5. The van der Waals surface area contributed by atoms with Gasteiger partial charge in [-0.25, -0.2) is 5.43 Å². The minimum Gasteiger partial charge on any atom is -0.352 e. The Labute approximate surface area is 160 Å². The molecule has 0 radical (unpaired) electrons. The molecule has 2 amide bonds. The van der Waals surface area contributed by atoms with Gasteiger partial charge in [0.15, 0.2) is 5.17 Å². The molecule has 1 rings (SSSR count). The maximum absolute atomic E-state index is 12.5. The van der Waals surface area contributed by atoms with E-state index in [0.29, 0.717) is 11.6 Å². The van der Waals surface area contributed by atoms with Gasteiger partial charge in [0.2, 0.25) is 11.7 Å². The van der Waals surface area contributed by atoms with Crippen LogP contribution in [0, 0.1) is 11.3 Å². The number of nitrogens with zero attached hydrogens (tertiary/aromatic N) is 2. The van der Waals surface area contributed by atoms with Crippen LogP contribution in [-0.2, 0) is 14.4 Å². The number of hydrogen-bond acceptors (Lipinski definition) is 5. The van der Waals surface area contributed by atoms with Crippen molar-refractivity contribution in [2.45, 2.75) is 47.1 Å². The molecule has 0 bridgehead atoms. The standard InChI is InChI=1S/C18H30N4O3S/c1-12(2)11-13(19-14(23)7-8-18(3,4)5)15(24)16(25)20-21-17-22(6)9-10-26-17/h7-8,12-13H,9-11H2,1-6H3,(H,19,23)(H,20,25)/b8-7+,21-17?/t13-/m0/s1. The summed E-state index contributed by atoms with van der Waals surface area (Å²) in [7, 11) is 1.87. The highest BCUT2D eigenvalue weighted by atomic mass is 32.2.